The van der Waals surface area contributed by atoms with Gasteiger partial charge in [-0.15, -0.1) is 6.42 Å². The predicted octanol–water partition coefficient (Wildman–Crippen LogP) is 3.43. The number of terminal acetylenes is 1. The van der Waals surface area contributed by atoms with E-state index in [2.05, 4.69) is 33.7 Å². The molecule has 0 fully saturated rings. The van der Waals surface area contributed by atoms with Gasteiger partial charge in [0.05, 0.1) is 18.0 Å². The van der Waals surface area contributed by atoms with Crippen molar-refractivity contribution in [3.05, 3.63) is 64.1 Å². The van der Waals surface area contributed by atoms with Gasteiger partial charge >= 0.3 is 0 Å². The molecule has 0 N–H and O–H groups in total. The molecule has 0 bridgehead atoms. The smallest absolute Gasteiger partial charge is 0.207 e. The highest BCUT2D eigenvalue weighted by Gasteiger charge is 2.22. The fourth-order valence-corrected chi connectivity index (χ4v) is 3.61. The number of rotatable bonds is 4. The lowest BCUT2D eigenvalue weighted by molar-refractivity contribution is 0.482. The quantitative estimate of drug-likeness (QED) is 0.735. The van der Waals surface area contributed by atoms with Gasteiger partial charge < -0.3 is 0 Å². The summed E-state index contributed by atoms with van der Waals surface area (Å²) in [4.78, 5) is 0.214. The molecule has 0 amide bonds. The van der Waals surface area contributed by atoms with Crippen molar-refractivity contribution in [2.45, 2.75) is 11.8 Å². The summed E-state index contributed by atoms with van der Waals surface area (Å²) in [5.41, 5.74) is 1.79. The number of aryl methyl sites for hydroxylation is 1. The molecule has 0 aromatic heterocycles. The molecule has 2 aromatic carbocycles. The zero-order valence-corrected chi connectivity index (χ0v) is 15.6. The van der Waals surface area contributed by atoms with Crippen LogP contribution in [0, 0.1) is 31.1 Å². The number of halogens is 1. The summed E-state index contributed by atoms with van der Waals surface area (Å²) in [6.45, 7) is 1.90. The average molecular weight is 402 g/mol. The van der Waals surface area contributed by atoms with E-state index in [1.54, 1.807) is 24.3 Å². The van der Waals surface area contributed by atoms with E-state index in [9.17, 15) is 8.42 Å². The van der Waals surface area contributed by atoms with E-state index in [0.29, 0.717) is 0 Å². The second kappa shape index (κ2) is 8.17. The van der Waals surface area contributed by atoms with E-state index in [4.69, 9.17) is 6.42 Å². The van der Waals surface area contributed by atoms with Gasteiger partial charge in [-0.1, -0.05) is 47.6 Å². The third kappa shape index (κ3) is 4.49. The fraction of sp³-hybridized carbons (Fsp3) is 0.158. The van der Waals surface area contributed by atoms with Gasteiger partial charge in [0.15, 0.2) is 0 Å². The molecule has 0 aliphatic carbocycles. The van der Waals surface area contributed by atoms with Gasteiger partial charge in [0, 0.05) is 10.0 Å². The Balaban J connectivity index is 2.26. The molecule has 24 heavy (non-hydrogen) atoms. The lowest BCUT2D eigenvalue weighted by Crippen LogP contribution is -2.32. The number of hydrogen-bond donors (Lipinski definition) is 0. The van der Waals surface area contributed by atoms with E-state index in [1.165, 1.54) is 4.31 Å². The molecular formula is C19H16BrNO2S. The molecule has 122 valence electrons. The maximum absolute atomic E-state index is 12.7. The summed E-state index contributed by atoms with van der Waals surface area (Å²) in [6.07, 6.45) is 5.32. The minimum atomic E-state index is -3.67. The lowest BCUT2D eigenvalue weighted by atomic mass is 10.2. The van der Waals surface area contributed by atoms with Crippen LogP contribution < -0.4 is 0 Å². The highest BCUT2D eigenvalue weighted by molar-refractivity contribution is 9.10. The molecule has 0 radical (unpaired) electrons. The number of hydrogen-bond acceptors (Lipinski definition) is 2. The standard InChI is InChI=1S/C19H16BrNO2S/c1-3-14-21(15-6-8-17-7-4-5-9-19(17)20)24(22,23)18-12-10-16(2)11-13-18/h1,4-5,7,9-13H,14-15H2,2H3. The summed E-state index contributed by atoms with van der Waals surface area (Å²) in [5, 5.41) is 0. The molecule has 0 saturated carbocycles. The van der Waals surface area contributed by atoms with E-state index >= 15 is 0 Å². The van der Waals surface area contributed by atoms with Crippen molar-refractivity contribution in [2.75, 3.05) is 13.1 Å². The Morgan fingerprint density at radius 1 is 1.08 bits per heavy atom. The van der Waals surface area contributed by atoms with Crippen LogP contribution in [0.4, 0.5) is 0 Å². The van der Waals surface area contributed by atoms with Crippen LogP contribution in [0.3, 0.4) is 0 Å². The van der Waals surface area contributed by atoms with Crippen LogP contribution in [0.1, 0.15) is 11.1 Å². The average Bonchev–Trinajstić information content (AvgIpc) is 2.56. The van der Waals surface area contributed by atoms with Crippen LogP contribution in [0.2, 0.25) is 0 Å². The minimum absolute atomic E-state index is 0.0269. The first kappa shape index (κ1) is 18.3. The van der Waals surface area contributed by atoms with Crippen molar-refractivity contribution in [3.8, 4) is 24.2 Å². The van der Waals surface area contributed by atoms with Crippen LogP contribution in [0.25, 0.3) is 0 Å². The topological polar surface area (TPSA) is 37.4 Å². The molecule has 0 aliphatic heterocycles. The highest BCUT2D eigenvalue weighted by Crippen LogP contribution is 2.16. The third-order valence-corrected chi connectivity index (χ3v) is 5.78. The van der Waals surface area contributed by atoms with E-state index in [1.807, 2.05) is 31.2 Å². The van der Waals surface area contributed by atoms with Gasteiger partial charge in [-0.25, -0.2) is 8.42 Å². The summed E-state index contributed by atoms with van der Waals surface area (Å²) in [7, 11) is -3.67. The second-order valence-corrected chi connectivity index (χ2v) is 7.86. The fourth-order valence-electron chi connectivity index (χ4n) is 1.97. The van der Waals surface area contributed by atoms with Gasteiger partial charge in [-0.2, -0.15) is 4.31 Å². The molecule has 3 nitrogen and oxygen atoms in total. The van der Waals surface area contributed by atoms with Gasteiger partial charge in [0.2, 0.25) is 10.0 Å². The Bertz CT molecular complexity index is 916. The summed E-state index contributed by atoms with van der Waals surface area (Å²) in [6, 6.07) is 14.2. The van der Waals surface area contributed by atoms with E-state index in [0.717, 1.165) is 15.6 Å². The van der Waals surface area contributed by atoms with Gasteiger partial charge in [-0.05, 0) is 47.1 Å². The van der Waals surface area contributed by atoms with E-state index in [-0.39, 0.29) is 18.0 Å². The molecule has 0 spiro atoms. The lowest BCUT2D eigenvalue weighted by Gasteiger charge is -2.17. The van der Waals surface area contributed by atoms with Crippen molar-refractivity contribution in [1.29, 1.82) is 0 Å². The van der Waals surface area contributed by atoms with Crippen LogP contribution in [-0.4, -0.2) is 25.8 Å². The number of benzene rings is 2. The minimum Gasteiger partial charge on any atom is -0.207 e. The molecule has 0 aliphatic rings. The highest BCUT2D eigenvalue weighted by atomic mass is 79.9. The maximum Gasteiger partial charge on any atom is 0.244 e. The summed E-state index contributed by atoms with van der Waals surface area (Å²) in [5.74, 6) is 8.23. The van der Waals surface area contributed by atoms with E-state index < -0.39 is 10.0 Å². The van der Waals surface area contributed by atoms with Crippen molar-refractivity contribution < 1.29 is 8.42 Å². The van der Waals surface area contributed by atoms with Gasteiger partial charge in [0.25, 0.3) is 0 Å². The third-order valence-electron chi connectivity index (χ3n) is 3.28. The number of sulfonamides is 1. The van der Waals surface area contributed by atoms with Crippen LogP contribution >= 0.6 is 15.9 Å². The van der Waals surface area contributed by atoms with Crippen molar-refractivity contribution in [2.24, 2.45) is 0 Å². The van der Waals surface area contributed by atoms with Gasteiger partial charge in [0.1, 0.15) is 0 Å². The zero-order chi connectivity index (χ0) is 17.6. The largest absolute Gasteiger partial charge is 0.244 e. The zero-order valence-electron chi connectivity index (χ0n) is 13.2. The molecule has 0 atom stereocenters. The van der Waals surface area contributed by atoms with Crippen LogP contribution in [-0.2, 0) is 10.0 Å². The van der Waals surface area contributed by atoms with Crippen LogP contribution in [0.5, 0.6) is 0 Å². The molecular weight excluding hydrogens is 386 g/mol. The molecule has 2 aromatic rings. The molecule has 0 unspecified atom stereocenters. The van der Waals surface area contributed by atoms with Crippen molar-refractivity contribution >= 4 is 26.0 Å². The predicted molar refractivity (Wildman–Crippen MR) is 99.8 cm³/mol. The summed E-state index contributed by atoms with van der Waals surface area (Å²) < 4.78 is 27.5. The van der Waals surface area contributed by atoms with Crippen molar-refractivity contribution in [3.63, 3.8) is 0 Å². The summed E-state index contributed by atoms with van der Waals surface area (Å²) >= 11 is 3.41. The first-order valence-corrected chi connectivity index (χ1v) is 9.42. The molecule has 5 heteroatoms. The Kier molecular flexibility index (Phi) is 6.23. The first-order chi connectivity index (χ1) is 11.4. The second-order valence-electron chi connectivity index (χ2n) is 5.07. The normalized spacial score (nSPS) is 10.8. The molecule has 2 rings (SSSR count). The Hall–Kier alpha value is -2.05. The maximum atomic E-state index is 12.7. The Morgan fingerprint density at radius 3 is 2.38 bits per heavy atom. The number of nitrogens with zero attached hydrogens (tertiary/aromatic N) is 1. The van der Waals surface area contributed by atoms with Crippen molar-refractivity contribution in [1.82, 2.24) is 4.31 Å². The SMILES string of the molecule is C#CCN(CC#Cc1ccccc1Br)S(=O)(=O)c1ccc(C)cc1. The first-order valence-electron chi connectivity index (χ1n) is 7.19. The van der Waals surface area contributed by atoms with Gasteiger partial charge in [-0.3, -0.25) is 0 Å². The molecule has 0 heterocycles. The Morgan fingerprint density at radius 2 is 1.75 bits per heavy atom. The Labute approximate surface area is 151 Å². The van der Waals surface area contributed by atoms with Crippen LogP contribution in [0.15, 0.2) is 57.9 Å². The molecule has 0 saturated heterocycles. The monoisotopic (exact) mass is 401 g/mol.